The van der Waals surface area contributed by atoms with Crippen LogP contribution in [0, 0.1) is 6.57 Å². The van der Waals surface area contributed by atoms with Gasteiger partial charge in [-0.2, -0.15) is 0 Å². The molecule has 0 unspecified atom stereocenters. The van der Waals surface area contributed by atoms with Crippen LogP contribution >= 0.6 is 0 Å². The smallest absolute Gasteiger partial charge is 0.300 e. The van der Waals surface area contributed by atoms with Crippen LogP contribution in [-0.4, -0.2) is 50.8 Å². The van der Waals surface area contributed by atoms with Crippen molar-refractivity contribution in [1.29, 1.82) is 0 Å². The van der Waals surface area contributed by atoms with E-state index in [1.807, 2.05) is 18.2 Å². The molecule has 1 aliphatic heterocycles. The summed E-state index contributed by atoms with van der Waals surface area (Å²) in [6, 6.07) is 5.68. The lowest BCUT2D eigenvalue weighted by atomic mass is 10.1. The second-order valence-electron chi connectivity index (χ2n) is 5.44. The van der Waals surface area contributed by atoms with Crippen molar-refractivity contribution in [3.05, 3.63) is 35.2 Å². The van der Waals surface area contributed by atoms with Gasteiger partial charge in [0.15, 0.2) is 0 Å². The Morgan fingerprint density at radius 1 is 1.43 bits per heavy atom. The summed E-state index contributed by atoms with van der Waals surface area (Å²) in [5.74, 6) is 1.60. The standard InChI is InChI=1S/C17H23N3O3/c1-18-16-5-4-10-20(16)17(21)12-19-9-8-13-11-14(22-2)6-7-15(13)23-3/h6-7,11,16,19H,4-5,8-10,12H2,2-3H3/t16-/m0/s1. The average Bonchev–Trinajstić information content (AvgIpc) is 3.07. The lowest BCUT2D eigenvalue weighted by molar-refractivity contribution is -0.130. The molecule has 0 aliphatic carbocycles. The zero-order chi connectivity index (χ0) is 16.7. The van der Waals surface area contributed by atoms with Gasteiger partial charge in [-0.1, -0.05) is 0 Å². The van der Waals surface area contributed by atoms with Gasteiger partial charge < -0.3 is 14.8 Å². The quantitative estimate of drug-likeness (QED) is 0.614. The average molecular weight is 317 g/mol. The molecule has 1 aromatic rings. The Balaban J connectivity index is 1.81. The predicted molar refractivity (Wildman–Crippen MR) is 87.5 cm³/mol. The van der Waals surface area contributed by atoms with E-state index in [1.165, 1.54) is 0 Å². The largest absolute Gasteiger partial charge is 0.497 e. The number of nitrogens with one attached hydrogen (secondary N) is 1. The molecule has 0 aromatic heterocycles. The Morgan fingerprint density at radius 2 is 2.26 bits per heavy atom. The third-order valence-corrected chi connectivity index (χ3v) is 4.03. The highest BCUT2D eigenvalue weighted by Crippen LogP contribution is 2.24. The van der Waals surface area contributed by atoms with Gasteiger partial charge in [0, 0.05) is 13.0 Å². The molecule has 1 heterocycles. The molecule has 1 amide bonds. The molecule has 0 spiro atoms. The van der Waals surface area contributed by atoms with E-state index in [0.717, 1.165) is 36.3 Å². The van der Waals surface area contributed by atoms with Crippen LogP contribution in [0.2, 0.25) is 0 Å². The third kappa shape index (κ3) is 4.36. The Morgan fingerprint density at radius 3 is 2.96 bits per heavy atom. The number of hydrogen-bond acceptors (Lipinski definition) is 4. The zero-order valence-corrected chi connectivity index (χ0v) is 13.7. The maximum absolute atomic E-state index is 12.1. The SMILES string of the molecule is [C-]#[N+][C@@H]1CCCN1C(=O)CNCCc1cc(OC)ccc1OC. The zero-order valence-electron chi connectivity index (χ0n) is 13.7. The van der Waals surface area contributed by atoms with Crippen molar-refractivity contribution >= 4 is 5.91 Å². The summed E-state index contributed by atoms with van der Waals surface area (Å²) in [6.07, 6.45) is 2.17. The first-order valence-electron chi connectivity index (χ1n) is 7.77. The number of amides is 1. The van der Waals surface area contributed by atoms with Crippen LogP contribution in [0.15, 0.2) is 18.2 Å². The summed E-state index contributed by atoms with van der Waals surface area (Å²) in [5, 5.41) is 3.15. The lowest BCUT2D eigenvalue weighted by Crippen LogP contribution is -2.40. The lowest BCUT2D eigenvalue weighted by Gasteiger charge is -2.16. The van der Waals surface area contributed by atoms with Gasteiger partial charge in [0.25, 0.3) is 0 Å². The first-order chi connectivity index (χ1) is 11.2. The summed E-state index contributed by atoms with van der Waals surface area (Å²) >= 11 is 0. The molecule has 6 heteroatoms. The first kappa shape index (κ1) is 17.1. The van der Waals surface area contributed by atoms with Crippen LogP contribution in [-0.2, 0) is 11.2 Å². The second-order valence-corrected chi connectivity index (χ2v) is 5.44. The minimum atomic E-state index is -0.275. The number of ether oxygens (including phenoxy) is 2. The van der Waals surface area contributed by atoms with Gasteiger partial charge in [0.2, 0.25) is 5.91 Å². The molecule has 1 saturated heterocycles. The Hall–Kier alpha value is -2.26. The van der Waals surface area contributed by atoms with Gasteiger partial charge in [-0.05, 0) is 43.1 Å². The summed E-state index contributed by atoms with van der Waals surface area (Å²) < 4.78 is 10.6. The maximum Gasteiger partial charge on any atom is 0.300 e. The molecule has 0 radical (unpaired) electrons. The van der Waals surface area contributed by atoms with E-state index in [-0.39, 0.29) is 18.6 Å². The van der Waals surface area contributed by atoms with Crippen molar-refractivity contribution in [3.8, 4) is 11.5 Å². The number of carbonyl (C=O) groups excluding carboxylic acids is 1. The fourth-order valence-corrected chi connectivity index (χ4v) is 2.77. The molecule has 1 N–H and O–H groups in total. The molecule has 124 valence electrons. The number of nitrogens with zero attached hydrogens (tertiary/aromatic N) is 2. The van der Waals surface area contributed by atoms with Crippen molar-refractivity contribution in [1.82, 2.24) is 10.2 Å². The fraction of sp³-hybridized carbons (Fsp3) is 0.529. The number of rotatable bonds is 7. The monoisotopic (exact) mass is 317 g/mol. The molecule has 1 atom stereocenters. The van der Waals surface area contributed by atoms with E-state index in [4.69, 9.17) is 16.0 Å². The van der Waals surface area contributed by atoms with Gasteiger partial charge in [-0.15, -0.1) is 0 Å². The van der Waals surface area contributed by atoms with Crippen LogP contribution in [0.3, 0.4) is 0 Å². The molecule has 1 fully saturated rings. The van der Waals surface area contributed by atoms with Crippen LogP contribution in [0.5, 0.6) is 11.5 Å². The van der Waals surface area contributed by atoms with Crippen LogP contribution in [0.25, 0.3) is 4.85 Å². The van der Waals surface area contributed by atoms with Gasteiger partial charge in [-0.25, -0.2) is 6.57 Å². The molecule has 0 saturated carbocycles. The van der Waals surface area contributed by atoms with Crippen LogP contribution in [0.1, 0.15) is 18.4 Å². The minimum absolute atomic E-state index is 0.00103. The number of hydrogen-bond donors (Lipinski definition) is 1. The second kappa shape index (κ2) is 8.39. The Kier molecular flexibility index (Phi) is 6.24. The third-order valence-electron chi connectivity index (χ3n) is 4.03. The molecule has 2 rings (SSSR count). The molecule has 1 aromatic carbocycles. The molecule has 23 heavy (non-hydrogen) atoms. The fourth-order valence-electron chi connectivity index (χ4n) is 2.77. The number of benzene rings is 1. The van der Waals surface area contributed by atoms with Crippen LogP contribution < -0.4 is 14.8 Å². The van der Waals surface area contributed by atoms with E-state index < -0.39 is 0 Å². The van der Waals surface area contributed by atoms with E-state index in [0.29, 0.717) is 13.1 Å². The normalized spacial score (nSPS) is 16.9. The Labute approximate surface area is 137 Å². The van der Waals surface area contributed by atoms with Gasteiger partial charge >= 0.3 is 6.17 Å². The van der Waals surface area contributed by atoms with Gasteiger partial charge in [0.1, 0.15) is 11.5 Å². The number of methoxy groups -OCH3 is 2. The number of likely N-dealkylation sites (tertiary alicyclic amines) is 1. The van der Waals surface area contributed by atoms with Crippen LogP contribution in [0.4, 0.5) is 0 Å². The first-order valence-corrected chi connectivity index (χ1v) is 7.77. The molecular formula is C17H23N3O3. The van der Waals surface area contributed by atoms with Crippen molar-refractivity contribution in [2.45, 2.75) is 25.4 Å². The maximum atomic E-state index is 12.1. The highest BCUT2D eigenvalue weighted by molar-refractivity contribution is 5.79. The van der Waals surface area contributed by atoms with E-state index >= 15 is 0 Å². The van der Waals surface area contributed by atoms with Crippen molar-refractivity contribution in [2.75, 3.05) is 33.9 Å². The van der Waals surface area contributed by atoms with Gasteiger partial charge in [-0.3, -0.25) is 14.5 Å². The minimum Gasteiger partial charge on any atom is -0.497 e. The van der Waals surface area contributed by atoms with Crippen molar-refractivity contribution in [2.24, 2.45) is 0 Å². The van der Waals surface area contributed by atoms with E-state index in [9.17, 15) is 4.79 Å². The van der Waals surface area contributed by atoms with E-state index in [2.05, 4.69) is 10.2 Å². The molecule has 6 nitrogen and oxygen atoms in total. The topological polar surface area (TPSA) is 55.2 Å². The predicted octanol–water partition coefficient (Wildman–Crippen LogP) is 1.70. The summed E-state index contributed by atoms with van der Waals surface area (Å²) in [4.78, 5) is 17.3. The van der Waals surface area contributed by atoms with Crippen molar-refractivity contribution in [3.63, 3.8) is 0 Å². The summed E-state index contributed by atoms with van der Waals surface area (Å²) in [5.41, 5.74) is 1.03. The molecule has 0 bridgehead atoms. The van der Waals surface area contributed by atoms with Crippen molar-refractivity contribution < 1.29 is 14.3 Å². The summed E-state index contributed by atoms with van der Waals surface area (Å²) in [7, 11) is 3.27. The molecular weight excluding hydrogens is 294 g/mol. The summed E-state index contributed by atoms with van der Waals surface area (Å²) in [6.45, 7) is 8.73. The number of carbonyl (C=O) groups is 1. The molecule has 1 aliphatic rings. The van der Waals surface area contributed by atoms with Gasteiger partial charge in [0.05, 0.1) is 20.8 Å². The highest BCUT2D eigenvalue weighted by atomic mass is 16.5. The Bertz CT molecular complexity index is 583. The highest BCUT2D eigenvalue weighted by Gasteiger charge is 2.32. The van der Waals surface area contributed by atoms with E-state index in [1.54, 1.807) is 19.1 Å².